The predicted molar refractivity (Wildman–Crippen MR) is 189 cm³/mol. The number of hydrogen-bond acceptors (Lipinski definition) is 8. The van der Waals surface area contributed by atoms with Crippen LogP contribution in [-0.2, 0) is 38.5 Å². The smallest absolute Gasteiger partial charge is 0.412 e. The molecule has 2 amide bonds. The van der Waals surface area contributed by atoms with Crippen molar-refractivity contribution in [3.05, 3.63) is 52.5 Å². The molecule has 0 spiro atoms. The molecule has 3 atom stereocenters. The quantitative estimate of drug-likeness (QED) is 0.296. The number of aryl methyl sites for hydroxylation is 3. The van der Waals surface area contributed by atoms with Crippen molar-refractivity contribution in [3.63, 3.8) is 0 Å². The van der Waals surface area contributed by atoms with E-state index < -0.39 is 17.7 Å². The molecule has 11 heteroatoms. The van der Waals surface area contributed by atoms with Gasteiger partial charge in [-0.05, 0) is 108 Å². The maximum absolute atomic E-state index is 14.5. The number of piperidine rings is 1. The fourth-order valence-corrected chi connectivity index (χ4v) is 7.95. The van der Waals surface area contributed by atoms with E-state index in [2.05, 4.69) is 10.3 Å². The van der Waals surface area contributed by atoms with Gasteiger partial charge in [0.25, 0.3) is 0 Å². The Kier molecular flexibility index (Phi) is 9.72. The van der Waals surface area contributed by atoms with Crippen molar-refractivity contribution in [1.82, 2.24) is 19.7 Å². The average molecular weight is 684 g/mol. The number of benzene rings is 1. The number of carbonyl (C=O) groups excluding carboxylic acids is 5. The summed E-state index contributed by atoms with van der Waals surface area (Å²) in [5, 5.41) is 8.06. The van der Waals surface area contributed by atoms with Gasteiger partial charge in [0.15, 0.2) is 11.6 Å². The second-order valence-corrected chi connectivity index (χ2v) is 15.6. The van der Waals surface area contributed by atoms with E-state index in [1.807, 2.05) is 32.0 Å². The first kappa shape index (κ1) is 35.4. The Morgan fingerprint density at radius 1 is 1.00 bits per heavy atom. The minimum Gasteiger partial charge on any atom is -0.444 e. The number of aromatic nitrogens is 3. The van der Waals surface area contributed by atoms with Crippen LogP contribution in [0.15, 0.2) is 24.3 Å². The van der Waals surface area contributed by atoms with Crippen molar-refractivity contribution >= 4 is 45.9 Å². The Morgan fingerprint density at radius 3 is 2.46 bits per heavy atom. The second-order valence-electron chi connectivity index (χ2n) is 15.6. The standard InChI is InChI=1S/C39H49N5O6/c1-23-13-14-24(2)40-30(23)19-32(47)31-20-39-16-15-28(46)12-10-8-7-9-11-26-17-27(41-37(49)50-38(4,5)6)18-29-35(25(3)45)42-43(36(26)29)22-34(48)44(31)33(39)21-39/h13-14,17-18,31,33H,7-12,15-16,19-22H2,1-6H3,(H,41,49)/t31-,33+,39-/m0/s1. The van der Waals surface area contributed by atoms with Gasteiger partial charge in [-0.3, -0.25) is 34.2 Å². The predicted octanol–water partition coefficient (Wildman–Crippen LogP) is 6.63. The van der Waals surface area contributed by atoms with Crippen molar-refractivity contribution in [1.29, 1.82) is 0 Å². The molecule has 11 nitrogen and oxygen atoms in total. The summed E-state index contributed by atoms with van der Waals surface area (Å²) in [6.45, 7) is 10.5. The van der Waals surface area contributed by atoms with E-state index in [0.717, 1.165) is 48.9 Å². The molecule has 0 radical (unpaired) electrons. The summed E-state index contributed by atoms with van der Waals surface area (Å²) in [6.07, 6.45) is 6.52. The highest BCUT2D eigenvalue weighted by atomic mass is 16.6. The molecule has 0 unspecified atom stereocenters. The van der Waals surface area contributed by atoms with Crippen LogP contribution in [0.2, 0.25) is 0 Å². The van der Waals surface area contributed by atoms with E-state index in [9.17, 15) is 24.0 Å². The van der Waals surface area contributed by atoms with E-state index in [1.165, 1.54) is 6.92 Å². The minimum atomic E-state index is -0.695. The highest BCUT2D eigenvalue weighted by Crippen LogP contribution is 2.62. The number of anilines is 1. The molecule has 4 heterocycles. The Balaban J connectivity index is 1.38. The van der Waals surface area contributed by atoms with E-state index in [4.69, 9.17) is 9.84 Å². The molecule has 1 N–H and O–H groups in total. The number of ether oxygens (including phenoxy) is 1. The fourth-order valence-electron chi connectivity index (χ4n) is 7.95. The number of nitrogens with one attached hydrogen (secondary N) is 1. The minimum absolute atomic E-state index is 0.0554. The van der Waals surface area contributed by atoms with Crippen LogP contribution in [0, 0.1) is 19.3 Å². The largest absolute Gasteiger partial charge is 0.444 e. The zero-order chi connectivity index (χ0) is 36.0. The van der Waals surface area contributed by atoms with Crippen molar-refractivity contribution < 1.29 is 28.7 Å². The molecule has 6 rings (SSSR count). The number of carbonyl (C=O) groups is 5. The third-order valence-corrected chi connectivity index (χ3v) is 10.5. The van der Waals surface area contributed by atoms with Crippen LogP contribution >= 0.6 is 0 Å². The Hall–Kier alpha value is -4.41. The van der Waals surface area contributed by atoms with Crippen LogP contribution in [-0.4, -0.2) is 66.7 Å². The number of pyridine rings is 1. The maximum atomic E-state index is 14.5. The van der Waals surface area contributed by atoms with Crippen LogP contribution in [0.3, 0.4) is 0 Å². The van der Waals surface area contributed by atoms with Gasteiger partial charge in [-0.1, -0.05) is 18.9 Å². The van der Waals surface area contributed by atoms with Crippen molar-refractivity contribution in [3.8, 4) is 0 Å². The first-order valence-corrected chi connectivity index (χ1v) is 18.0. The number of rotatable bonds is 5. The van der Waals surface area contributed by atoms with Crippen LogP contribution in [0.5, 0.6) is 0 Å². The van der Waals surface area contributed by atoms with E-state index in [0.29, 0.717) is 54.4 Å². The summed E-state index contributed by atoms with van der Waals surface area (Å²) in [7, 11) is 0. The number of amides is 2. The van der Waals surface area contributed by atoms with Crippen LogP contribution in [0.1, 0.15) is 118 Å². The lowest BCUT2D eigenvalue weighted by Crippen LogP contribution is -2.45. The number of hydrogen-bond donors (Lipinski definition) is 1. The molecular formula is C39H49N5O6. The topological polar surface area (TPSA) is 141 Å². The van der Waals surface area contributed by atoms with Crippen LogP contribution in [0.4, 0.5) is 10.5 Å². The molecule has 1 saturated heterocycles. The van der Waals surface area contributed by atoms with Gasteiger partial charge >= 0.3 is 6.09 Å². The summed E-state index contributed by atoms with van der Waals surface area (Å²) >= 11 is 0. The zero-order valence-corrected chi connectivity index (χ0v) is 30.2. The van der Waals surface area contributed by atoms with Crippen molar-refractivity contribution in [2.24, 2.45) is 5.41 Å². The van der Waals surface area contributed by atoms with Crippen LogP contribution in [0.25, 0.3) is 10.9 Å². The molecule has 1 aliphatic carbocycles. The van der Waals surface area contributed by atoms with E-state index >= 15 is 0 Å². The molecule has 266 valence electrons. The highest BCUT2D eigenvalue weighted by Gasteiger charge is 2.66. The highest BCUT2D eigenvalue weighted by molar-refractivity contribution is 6.07. The number of nitrogens with zero attached hydrogens (tertiary/aromatic N) is 4. The van der Waals surface area contributed by atoms with Crippen molar-refractivity contribution in [2.75, 3.05) is 5.32 Å². The SMILES string of the molecule is CC(=O)c1nn2c3c(cc(NC(=O)OC(C)(C)C)cc13)CCCCCCC(=O)CC[C@@]13C[C@@H](C(=O)Cc4nc(C)ccc4C)N(C(=O)C2)[C@@H]1C3. The average Bonchev–Trinajstić information content (AvgIpc) is 3.44. The van der Waals surface area contributed by atoms with Crippen LogP contribution < -0.4 is 5.32 Å². The summed E-state index contributed by atoms with van der Waals surface area (Å²) in [5.41, 5.74) is 3.73. The molecule has 2 bridgehead atoms. The first-order valence-electron chi connectivity index (χ1n) is 18.0. The third-order valence-electron chi connectivity index (χ3n) is 10.5. The normalized spacial score (nSPS) is 23.0. The summed E-state index contributed by atoms with van der Waals surface area (Å²) in [5.74, 6) is -0.315. The Labute approximate surface area is 293 Å². The molecule has 2 aliphatic heterocycles. The van der Waals surface area contributed by atoms with E-state index in [-0.39, 0.29) is 53.4 Å². The lowest BCUT2D eigenvalue weighted by atomic mass is 9.90. The molecule has 1 saturated carbocycles. The monoisotopic (exact) mass is 683 g/mol. The van der Waals surface area contributed by atoms with Crippen molar-refractivity contribution in [2.45, 2.75) is 136 Å². The van der Waals surface area contributed by atoms with Gasteiger partial charge in [0.05, 0.1) is 23.7 Å². The van der Waals surface area contributed by atoms with Gasteiger partial charge in [-0.25, -0.2) is 4.79 Å². The summed E-state index contributed by atoms with van der Waals surface area (Å²) in [4.78, 5) is 73.6. The van der Waals surface area contributed by atoms with Gasteiger partial charge in [-0.2, -0.15) is 5.10 Å². The number of Topliss-reactive ketones (excluding diaryl/α,β-unsaturated/α-hetero) is 3. The molecule has 1 aromatic carbocycles. The molecule has 3 aliphatic rings. The lowest BCUT2D eigenvalue weighted by Gasteiger charge is -2.27. The molecule has 3 aromatic rings. The molecule has 50 heavy (non-hydrogen) atoms. The third kappa shape index (κ3) is 7.51. The van der Waals surface area contributed by atoms with Gasteiger partial charge < -0.3 is 9.64 Å². The van der Waals surface area contributed by atoms with E-state index in [1.54, 1.807) is 36.4 Å². The Morgan fingerprint density at radius 2 is 1.74 bits per heavy atom. The summed E-state index contributed by atoms with van der Waals surface area (Å²) < 4.78 is 7.10. The first-order chi connectivity index (χ1) is 23.6. The van der Waals surface area contributed by atoms with Gasteiger partial charge in [-0.15, -0.1) is 0 Å². The van der Waals surface area contributed by atoms with Gasteiger partial charge in [0, 0.05) is 42.6 Å². The fraction of sp³-hybridized carbons (Fsp3) is 0.564. The zero-order valence-electron chi connectivity index (χ0n) is 30.2. The second kappa shape index (κ2) is 13.7. The molecule has 2 aromatic heterocycles. The maximum Gasteiger partial charge on any atom is 0.412 e. The molecular weight excluding hydrogens is 634 g/mol. The van der Waals surface area contributed by atoms with Gasteiger partial charge in [0.1, 0.15) is 23.6 Å². The lowest BCUT2D eigenvalue weighted by molar-refractivity contribution is -0.139. The number of ketones is 3. The molecule has 2 fully saturated rings. The Bertz CT molecular complexity index is 1870. The summed E-state index contributed by atoms with van der Waals surface area (Å²) in [6, 6.07) is 6.70. The van der Waals surface area contributed by atoms with Gasteiger partial charge in [0.2, 0.25) is 5.91 Å².